The van der Waals surface area contributed by atoms with E-state index < -0.39 is 5.97 Å². The average molecular weight is 267 g/mol. The third-order valence-electron chi connectivity index (χ3n) is 1.73. The quantitative estimate of drug-likeness (QED) is 0.857. The maximum atomic E-state index is 10.5. The summed E-state index contributed by atoms with van der Waals surface area (Å²) in [4.78, 5) is 20.7. The Kier molecular flexibility index (Phi) is 14.6. The van der Waals surface area contributed by atoms with Crippen molar-refractivity contribution in [1.82, 2.24) is 5.32 Å². The molecule has 4 heteroatoms. The number of esters is 1. The van der Waals surface area contributed by atoms with Crippen molar-refractivity contribution >= 4 is 11.9 Å². The van der Waals surface area contributed by atoms with Gasteiger partial charge in [-0.25, -0.2) is 0 Å². The second-order valence-electron chi connectivity index (χ2n) is 3.37. The molecule has 1 aromatic rings. The highest BCUT2D eigenvalue weighted by Gasteiger charge is 2.00. The minimum atomic E-state index is -0.405. The monoisotopic (exact) mass is 267 g/mol. The maximum absolute atomic E-state index is 10.5. The Bertz CT molecular complexity index is 337. The Labute approximate surface area is 116 Å². The summed E-state index contributed by atoms with van der Waals surface area (Å²) in [6.45, 7) is 9.45. The van der Waals surface area contributed by atoms with Gasteiger partial charge in [-0.2, -0.15) is 0 Å². The molecule has 4 nitrogen and oxygen atoms in total. The van der Waals surface area contributed by atoms with Crippen LogP contribution in [0.25, 0.3) is 0 Å². The zero-order valence-corrected chi connectivity index (χ0v) is 12.5. The van der Waals surface area contributed by atoms with Crippen molar-refractivity contribution in [3.05, 3.63) is 35.9 Å². The number of carbonyl (C=O) groups is 2. The van der Waals surface area contributed by atoms with Crippen molar-refractivity contribution in [2.75, 3.05) is 13.2 Å². The molecule has 19 heavy (non-hydrogen) atoms. The summed E-state index contributed by atoms with van der Waals surface area (Å²) < 4.78 is 4.54. The van der Waals surface area contributed by atoms with Crippen LogP contribution in [-0.4, -0.2) is 25.0 Å². The summed E-state index contributed by atoms with van der Waals surface area (Å²) in [7, 11) is 0. The molecule has 1 aromatic carbocycles. The van der Waals surface area contributed by atoms with E-state index >= 15 is 0 Å². The van der Waals surface area contributed by atoms with E-state index in [4.69, 9.17) is 0 Å². The summed E-state index contributed by atoms with van der Waals surface area (Å²) in [5.41, 5.74) is 1.32. The number of carbonyl (C=O) groups excluding carboxylic acids is 2. The lowest BCUT2D eigenvalue weighted by Gasteiger charge is -2.00. The summed E-state index contributed by atoms with van der Waals surface area (Å²) in [5.74, 6) is -0.634. The third kappa shape index (κ3) is 16.2. The smallest absolute Gasteiger partial charge is 0.325 e. The number of hydrogen-bond donors (Lipinski definition) is 1. The molecule has 0 atom stereocenters. The molecule has 0 fully saturated rings. The first-order chi connectivity index (χ1) is 9.06. The molecule has 0 saturated carbocycles. The largest absolute Gasteiger partial charge is 0.465 e. The lowest BCUT2D eigenvalue weighted by molar-refractivity contribution is -0.143. The summed E-state index contributed by atoms with van der Waals surface area (Å²) >= 11 is 0. The molecule has 1 rings (SSSR count). The Hall–Kier alpha value is -1.84. The molecule has 0 aliphatic carbocycles. The van der Waals surface area contributed by atoms with Gasteiger partial charge in [0.05, 0.1) is 6.61 Å². The fraction of sp³-hybridized carbons (Fsp3) is 0.467. The van der Waals surface area contributed by atoms with Crippen LogP contribution in [0.4, 0.5) is 0 Å². The molecule has 1 amide bonds. The van der Waals surface area contributed by atoms with Crippen LogP contribution in [-0.2, 0) is 14.3 Å². The van der Waals surface area contributed by atoms with Crippen molar-refractivity contribution in [2.45, 2.75) is 34.6 Å². The van der Waals surface area contributed by atoms with Gasteiger partial charge in [-0.3, -0.25) is 9.59 Å². The molecule has 0 saturated heterocycles. The molecule has 0 radical (unpaired) electrons. The molecular formula is C15H25NO3. The molecule has 108 valence electrons. The van der Waals surface area contributed by atoms with Gasteiger partial charge in [0.15, 0.2) is 0 Å². The number of aryl methyl sites for hydroxylation is 1. The standard InChI is InChI=1S/C7H8.C6H11NO3.C2H6/c1-7-5-3-2-4-6-7;1-3-10-6(9)4-7-5(2)8;1-2/h2-6H,1H3;3-4H2,1-2H3,(H,7,8);1-2H3. The zero-order valence-electron chi connectivity index (χ0n) is 12.5. The van der Waals surface area contributed by atoms with Crippen LogP contribution in [0.15, 0.2) is 30.3 Å². The predicted molar refractivity (Wildman–Crippen MR) is 77.8 cm³/mol. The zero-order chi connectivity index (χ0) is 15.1. The fourth-order valence-corrected chi connectivity index (χ4v) is 0.943. The van der Waals surface area contributed by atoms with Crippen molar-refractivity contribution in [2.24, 2.45) is 0 Å². The van der Waals surface area contributed by atoms with E-state index in [2.05, 4.69) is 29.1 Å². The SMILES string of the molecule is CC.CCOC(=O)CNC(C)=O.Cc1ccccc1. The van der Waals surface area contributed by atoms with Crippen LogP contribution in [0, 0.1) is 6.92 Å². The van der Waals surface area contributed by atoms with Gasteiger partial charge in [0.25, 0.3) is 0 Å². The molecule has 0 aliphatic heterocycles. The van der Waals surface area contributed by atoms with Crippen molar-refractivity contribution in [3.63, 3.8) is 0 Å². The third-order valence-corrected chi connectivity index (χ3v) is 1.73. The van der Waals surface area contributed by atoms with Crippen LogP contribution in [0.1, 0.15) is 33.3 Å². The lowest BCUT2D eigenvalue weighted by atomic mass is 10.2. The lowest BCUT2D eigenvalue weighted by Crippen LogP contribution is -2.28. The van der Waals surface area contributed by atoms with Gasteiger partial charge in [0, 0.05) is 6.92 Å². The molecule has 0 aliphatic rings. The van der Waals surface area contributed by atoms with Crippen molar-refractivity contribution in [3.8, 4) is 0 Å². The van der Waals surface area contributed by atoms with E-state index in [0.29, 0.717) is 6.61 Å². The fourth-order valence-electron chi connectivity index (χ4n) is 0.943. The van der Waals surface area contributed by atoms with Crippen LogP contribution < -0.4 is 5.32 Å². The highest BCUT2D eigenvalue weighted by atomic mass is 16.5. The molecule has 0 spiro atoms. The van der Waals surface area contributed by atoms with Gasteiger partial charge in [0.2, 0.25) is 5.91 Å². The molecule has 0 bridgehead atoms. The number of nitrogens with one attached hydrogen (secondary N) is 1. The number of rotatable bonds is 3. The van der Waals surface area contributed by atoms with Gasteiger partial charge in [0.1, 0.15) is 6.54 Å². The van der Waals surface area contributed by atoms with Gasteiger partial charge >= 0.3 is 5.97 Å². The van der Waals surface area contributed by atoms with E-state index in [1.54, 1.807) is 6.92 Å². The second kappa shape index (κ2) is 14.2. The normalized spacial score (nSPS) is 8.05. The van der Waals surface area contributed by atoms with Crippen LogP contribution in [0.5, 0.6) is 0 Å². The molecule has 0 aromatic heterocycles. The van der Waals surface area contributed by atoms with E-state index in [-0.39, 0.29) is 12.5 Å². The first kappa shape index (κ1) is 19.5. The summed E-state index contributed by atoms with van der Waals surface area (Å²) in [6, 6.07) is 10.3. The van der Waals surface area contributed by atoms with Crippen LogP contribution >= 0.6 is 0 Å². The first-order valence-corrected chi connectivity index (χ1v) is 6.48. The van der Waals surface area contributed by atoms with E-state index in [0.717, 1.165) is 0 Å². The van der Waals surface area contributed by atoms with Gasteiger partial charge in [-0.05, 0) is 13.8 Å². The van der Waals surface area contributed by atoms with Gasteiger partial charge in [-0.1, -0.05) is 49.7 Å². The first-order valence-electron chi connectivity index (χ1n) is 6.48. The predicted octanol–water partition coefficient (Wildman–Crippen LogP) is 2.71. The maximum Gasteiger partial charge on any atom is 0.325 e. The minimum Gasteiger partial charge on any atom is -0.465 e. The second-order valence-corrected chi connectivity index (χ2v) is 3.37. The van der Waals surface area contributed by atoms with E-state index in [9.17, 15) is 9.59 Å². The topological polar surface area (TPSA) is 55.4 Å². The van der Waals surface area contributed by atoms with E-state index in [1.807, 2.05) is 32.0 Å². The van der Waals surface area contributed by atoms with Crippen LogP contribution in [0.3, 0.4) is 0 Å². The van der Waals surface area contributed by atoms with Crippen molar-refractivity contribution in [1.29, 1.82) is 0 Å². The average Bonchev–Trinajstić information content (AvgIpc) is 2.41. The molecule has 1 N–H and O–H groups in total. The molecule has 0 heterocycles. The highest BCUT2D eigenvalue weighted by molar-refractivity contribution is 5.80. The Morgan fingerprint density at radius 3 is 2.00 bits per heavy atom. The summed E-state index contributed by atoms with van der Waals surface area (Å²) in [6.07, 6.45) is 0. The van der Waals surface area contributed by atoms with E-state index in [1.165, 1.54) is 12.5 Å². The highest BCUT2D eigenvalue weighted by Crippen LogP contribution is 1.92. The molecular weight excluding hydrogens is 242 g/mol. The Morgan fingerprint density at radius 2 is 1.68 bits per heavy atom. The van der Waals surface area contributed by atoms with Gasteiger partial charge < -0.3 is 10.1 Å². The van der Waals surface area contributed by atoms with Crippen molar-refractivity contribution < 1.29 is 14.3 Å². The number of hydrogen-bond acceptors (Lipinski definition) is 3. The Morgan fingerprint density at radius 1 is 1.16 bits per heavy atom. The van der Waals surface area contributed by atoms with Crippen LogP contribution in [0.2, 0.25) is 0 Å². The molecule has 0 unspecified atom stereocenters. The number of benzene rings is 1. The number of amides is 1. The minimum absolute atomic E-state index is 0.0385. The summed E-state index contributed by atoms with van der Waals surface area (Å²) in [5, 5.41) is 2.32. The number of ether oxygens (including phenoxy) is 1. The Balaban J connectivity index is 0. The van der Waals surface area contributed by atoms with Gasteiger partial charge in [-0.15, -0.1) is 0 Å².